The van der Waals surface area contributed by atoms with E-state index in [-0.39, 0.29) is 19.4 Å². The first-order valence-electron chi connectivity index (χ1n) is 21.2. The fraction of sp³-hybridized carbons (Fsp3) is 0.689. The van der Waals surface area contributed by atoms with E-state index < -0.39 is 38.6 Å². The Labute approximate surface area is 334 Å². The van der Waals surface area contributed by atoms with Crippen molar-refractivity contribution in [3.8, 4) is 0 Å². The zero-order chi connectivity index (χ0) is 40.7. The largest absolute Gasteiger partial charge is 0.469 e. The van der Waals surface area contributed by atoms with Gasteiger partial charge in [0.1, 0.15) is 6.61 Å². The van der Waals surface area contributed by atoms with Crippen LogP contribution in [0.4, 0.5) is 0 Å². The van der Waals surface area contributed by atoms with Crippen LogP contribution in [0.5, 0.6) is 0 Å². The maximum atomic E-state index is 12.4. The molecular formula is C45H77O9P. The number of carbonyl (C=O) groups is 2. The van der Waals surface area contributed by atoms with E-state index in [4.69, 9.17) is 19.3 Å². The van der Waals surface area contributed by atoms with Crippen molar-refractivity contribution in [1.82, 2.24) is 0 Å². The molecule has 0 aliphatic carbocycles. The Bertz CT molecular complexity index is 1150. The Kier molecular flexibility index (Phi) is 36.6. The van der Waals surface area contributed by atoms with E-state index in [9.17, 15) is 19.3 Å². The lowest BCUT2D eigenvalue weighted by molar-refractivity contribution is -0.161. The average molecular weight is 793 g/mol. The lowest BCUT2D eigenvalue weighted by Gasteiger charge is -2.18. The van der Waals surface area contributed by atoms with Crippen LogP contribution in [0.15, 0.2) is 72.9 Å². The van der Waals surface area contributed by atoms with Crippen LogP contribution in [0.2, 0.25) is 0 Å². The predicted molar refractivity (Wildman–Crippen MR) is 226 cm³/mol. The maximum Gasteiger partial charge on any atom is 0.469 e. The van der Waals surface area contributed by atoms with Gasteiger partial charge in [0.05, 0.1) is 12.7 Å². The van der Waals surface area contributed by atoms with Crippen molar-refractivity contribution in [3.63, 3.8) is 0 Å². The normalized spacial score (nSPS) is 13.9. The summed E-state index contributed by atoms with van der Waals surface area (Å²) in [5, 5.41) is 9.97. The first-order chi connectivity index (χ1) is 26.5. The summed E-state index contributed by atoms with van der Waals surface area (Å²) in [6.07, 6.45) is 45.2. The molecule has 0 spiro atoms. The van der Waals surface area contributed by atoms with E-state index in [1.807, 2.05) is 48.6 Å². The Morgan fingerprint density at radius 1 is 0.618 bits per heavy atom. The molecule has 2 atom stereocenters. The summed E-state index contributed by atoms with van der Waals surface area (Å²) in [6.45, 7) is 5.78. The zero-order valence-electron chi connectivity index (χ0n) is 34.6. The average Bonchev–Trinajstić information content (AvgIpc) is 3.13. The number of phosphoric ester groups is 1. The fourth-order valence-electron chi connectivity index (χ4n) is 5.61. The van der Waals surface area contributed by atoms with Gasteiger partial charge in [0.25, 0.3) is 0 Å². The van der Waals surface area contributed by atoms with Crippen LogP contribution in [0, 0.1) is 5.92 Å². The molecule has 0 aromatic heterocycles. The maximum absolute atomic E-state index is 12.4. The molecule has 0 radical (unpaired) electrons. The number of aliphatic hydroxyl groups is 1. The van der Waals surface area contributed by atoms with Crippen LogP contribution in [-0.2, 0) is 28.2 Å². The van der Waals surface area contributed by atoms with E-state index in [2.05, 4.69) is 43.5 Å². The predicted octanol–water partition coefficient (Wildman–Crippen LogP) is 11.9. The van der Waals surface area contributed by atoms with Gasteiger partial charge in [-0.1, -0.05) is 184 Å². The Morgan fingerprint density at radius 2 is 1.15 bits per heavy atom. The summed E-state index contributed by atoms with van der Waals surface area (Å²) in [5.74, 6) is -0.192. The fourth-order valence-corrected chi connectivity index (χ4v) is 5.97. The highest BCUT2D eigenvalue weighted by Gasteiger charge is 2.22. The number of esters is 2. The second-order valence-electron chi connectivity index (χ2n) is 14.6. The first kappa shape index (κ1) is 52.5. The quantitative estimate of drug-likeness (QED) is 0.0184. The topological polar surface area (TPSA) is 140 Å². The van der Waals surface area contributed by atoms with Gasteiger partial charge in [-0.25, -0.2) is 4.57 Å². The van der Waals surface area contributed by atoms with Gasteiger partial charge in [0.2, 0.25) is 0 Å². The molecule has 0 aliphatic rings. The number of rotatable bonds is 37. The second kappa shape index (κ2) is 38.3. The molecule has 0 saturated heterocycles. The molecule has 316 valence electrons. The number of allylic oxidation sites excluding steroid dienone is 10. The molecule has 55 heavy (non-hydrogen) atoms. The number of aliphatic hydroxyl groups excluding tert-OH is 1. The smallest absolute Gasteiger partial charge is 0.462 e. The number of ether oxygens (including phenoxy) is 2. The van der Waals surface area contributed by atoms with Gasteiger partial charge in [0.15, 0.2) is 6.10 Å². The number of hydrogen-bond donors (Lipinski definition) is 3. The molecule has 0 aromatic rings. The van der Waals surface area contributed by atoms with Crippen LogP contribution in [0.3, 0.4) is 0 Å². The highest BCUT2D eigenvalue weighted by Crippen LogP contribution is 2.36. The van der Waals surface area contributed by atoms with Crippen LogP contribution >= 0.6 is 7.82 Å². The minimum Gasteiger partial charge on any atom is -0.462 e. The molecule has 1 unspecified atom stereocenters. The van der Waals surface area contributed by atoms with Gasteiger partial charge in [-0.05, 0) is 50.9 Å². The summed E-state index contributed by atoms with van der Waals surface area (Å²) in [6, 6.07) is 0. The summed E-state index contributed by atoms with van der Waals surface area (Å²) < 4.78 is 26.3. The van der Waals surface area contributed by atoms with Gasteiger partial charge >= 0.3 is 19.8 Å². The van der Waals surface area contributed by atoms with Crippen LogP contribution in [0.1, 0.15) is 168 Å². The Hall–Kier alpha value is -2.55. The van der Waals surface area contributed by atoms with Gasteiger partial charge in [-0.15, -0.1) is 0 Å². The number of unbranched alkanes of at least 4 members (excludes halogenated alkanes) is 13. The summed E-state index contributed by atoms with van der Waals surface area (Å²) >= 11 is 0. The molecular weight excluding hydrogens is 715 g/mol. The van der Waals surface area contributed by atoms with E-state index in [1.54, 1.807) is 6.08 Å². The summed E-state index contributed by atoms with van der Waals surface area (Å²) in [7, 11) is -4.78. The lowest BCUT2D eigenvalue weighted by atomic mass is 10.0. The molecule has 0 bridgehead atoms. The molecule has 3 N–H and O–H groups in total. The lowest BCUT2D eigenvalue weighted by Crippen LogP contribution is -2.29. The van der Waals surface area contributed by atoms with Gasteiger partial charge in [0, 0.05) is 12.8 Å². The molecule has 9 nitrogen and oxygen atoms in total. The first-order valence-corrected chi connectivity index (χ1v) is 22.7. The van der Waals surface area contributed by atoms with Gasteiger partial charge in [-0.2, -0.15) is 0 Å². The van der Waals surface area contributed by atoms with Crippen molar-refractivity contribution in [3.05, 3.63) is 72.9 Å². The Balaban J connectivity index is 4.10. The van der Waals surface area contributed by atoms with Crippen LogP contribution in [-0.4, -0.2) is 52.3 Å². The minimum atomic E-state index is -4.78. The van der Waals surface area contributed by atoms with Crippen LogP contribution in [0.25, 0.3) is 0 Å². The van der Waals surface area contributed by atoms with Crippen molar-refractivity contribution < 1.29 is 43.0 Å². The number of phosphoric acid groups is 1. The third kappa shape index (κ3) is 42.4. The van der Waals surface area contributed by atoms with Crippen molar-refractivity contribution in [2.45, 2.75) is 181 Å². The second-order valence-corrected chi connectivity index (χ2v) is 15.9. The summed E-state index contributed by atoms with van der Waals surface area (Å²) in [4.78, 5) is 42.8. The van der Waals surface area contributed by atoms with E-state index >= 15 is 0 Å². The molecule has 0 aliphatic heterocycles. The van der Waals surface area contributed by atoms with Crippen molar-refractivity contribution in [2.24, 2.45) is 5.92 Å². The van der Waals surface area contributed by atoms with Gasteiger partial charge < -0.3 is 24.4 Å². The molecule has 0 heterocycles. The molecule has 0 fully saturated rings. The monoisotopic (exact) mass is 793 g/mol. The third-order valence-electron chi connectivity index (χ3n) is 8.76. The molecule has 10 heteroatoms. The molecule has 0 aromatic carbocycles. The van der Waals surface area contributed by atoms with Gasteiger partial charge in [-0.3, -0.25) is 14.1 Å². The summed E-state index contributed by atoms with van der Waals surface area (Å²) in [5.41, 5.74) is 0. The highest BCUT2D eigenvalue weighted by atomic mass is 31.2. The van der Waals surface area contributed by atoms with E-state index in [0.717, 1.165) is 44.4 Å². The SMILES string of the molecule is CC/C=C\C/C=C\CC(O)/C=C/C=C\C/C=C\C/C=C\CCC(=O)OC[C@H](COP(=O)(O)O)OC(=O)CCCCCCCCCCCCCCCCC(C)C. The van der Waals surface area contributed by atoms with Crippen LogP contribution < -0.4 is 0 Å². The van der Waals surface area contributed by atoms with E-state index in [1.165, 1.54) is 70.6 Å². The van der Waals surface area contributed by atoms with Crippen molar-refractivity contribution in [2.75, 3.05) is 13.2 Å². The molecule has 0 saturated carbocycles. The van der Waals surface area contributed by atoms with E-state index in [0.29, 0.717) is 25.7 Å². The number of carbonyl (C=O) groups excluding carboxylic acids is 2. The van der Waals surface area contributed by atoms with Crippen molar-refractivity contribution in [1.29, 1.82) is 0 Å². The Morgan fingerprint density at radius 3 is 1.73 bits per heavy atom. The highest BCUT2D eigenvalue weighted by molar-refractivity contribution is 7.46. The number of hydrogen-bond acceptors (Lipinski definition) is 7. The molecule has 0 rings (SSSR count). The molecule has 0 amide bonds. The standard InChI is InChI=1S/C45H77O9P/c1-4-5-6-7-25-30-35-42(46)36-31-26-21-17-14-15-18-22-27-32-37-44(47)52-39-43(40-53-55(49,50)51)54-45(48)38-33-28-23-19-13-11-9-8-10-12-16-20-24-29-34-41(2)3/h5-6,14-15,21-22,25-27,30-31,36,41-43,46H,4,7-13,16-20,23-24,28-29,32-35,37-40H2,1-3H3,(H2,49,50,51)/b6-5-,15-14-,26-21-,27-22-,30-25-,36-31+/t42?,43-/m1/s1. The third-order valence-corrected chi connectivity index (χ3v) is 9.25. The van der Waals surface area contributed by atoms with Crippen molar-refractivity contribution >= 4 is 19.8 Å². The minimum absolute atomic E-state index is 0.117. The zero-order valence-corrected chi connectivity index (χ0v) is 35.5.